The molecule has 2 amide bonds. The van der Waals surface area contributed by atoms with Gasteiger partial charge in [0.15, 0.2) is 0 Å². The van der Waals surface area contributed by atoms with Crippen LogP contribution in [0.15, 0.2) is 40.6 Å². The van der Waals surface area contributed by atoms with Crippen LogP contribution in [0.25, 0.3) is 0 Å². The van der Waals surface area contributed by atoms with Crippen molar-refractivity contribution in [2.24, 2.45) is 10.9 Å². The molecular weight excluding hydrogens is 240 g/mol. The highest BCUT2D eigenvalue weighted by Gasteiger charge is 2.23. The largest absolute Gasteiger partial charge is 0.325 e. The predicted octanol–water partition coefficient (Wildman–Crippen LogP) is 2.29. The molecule has 0 radical (unpaired) electrons. The minimum Gasteiger partial charge on any atom is -0.325 e. The van der Waals surface area contributed by atoms with Crippen LogP contribution in [0.2, 0.25) is 0 Å². The van der Waals surface area contributed by atoms with Crippen LogP contribution in [0.4, 0.5) is 0 Å². The summed E-state index contributed by atoms with van der Waals surface area (Å²) in [5, 5.41) is 2.80. The monoisotopic (exact) mass is 258 g/mol. The van der Waals surface area contributed by atoms with E-state index in [0.717, 1.165) is 24.1 Å². The van der Waals surface area contributed by atoms with Crippen molar-refractivity contribution in [1.82, 2.24) is 5.32 Å². The van der Waals surface area contributed by atoms with Gasteiger partial charge in [-0.25, -0.2) is 4.99 Å². The van der Waals surface area contributed by atoms with E-state index in [4.69, 9.17) is 0 Å². The SMILES string of the molecule is CCCCC(=O)N=C1C=CC2C(C)=CC(=O)NC2=C1. The highest BCUT2D eigenvalue weighted by Crippen LogP contribution is 2.26. The van der Waals surface area contributed by atoms with Crippen LogP contribution in [0, 0.1) is 5.92 Å². The van der Waals surface area contributed by atoms with Crippen molar-refractivity contribution in [2.75, 3.05) is 0 Å². The number of amides is 2. The Morgan fingerprint density at radius 1 is 1.42 bits per heavy atom. The first kappa shape index (κ1) is 13.5. The van der Waals surface area contributed by atoms with Gasteiger partial charge in [0.1, 0.15) is 0 Å². The van der Waals surface area contributed by atoms with Crippen molar-refractivity contribution in [3.63, 3.8) is 0 Å². The standard InChI is InChI=1S/C15H18N2O2/c1-3-4-5-14(18)16-11-6-7-12-10(2)8-15(19)17-13(12)9-11/h6-9,12H,3-5H2,1-2H3,(H,17,19). The lowest BCUT2D eigenvalue weighted by molar-refractivity contribution is -0.118. The number of unbranched alkanes of at least 4 members (excludes halogenated alkanes) is 1. The maximum atomic E-state index is 11.6. The van der Waals surface area contributed by atoms with Crippen molar-refractivity contribution < 1.29 is 9.59 Å². The van der Waals surface area contributed by atoms with Gasteiger partial charge in [-0.2, -0.15) is 0 Å². The fourth-order valence-electron chi connectivity index (χ4n) is 2.18. The van der Waals surface area contributed by atoms with Gasteiger partial charge >= 0.3 is 0 Å². The van der Waals surface area contributed by atoms with Crippen molar-refractivity contribution >= 4 is 17.5 Å². The van der Waals surface area contributed by atoms with Crippen LogP contribution in [-0.2, 0) is 9.59 Å². The van der Waals surface area contributed by atoms with Crippen molar-refractivity contribution in [3.8, 4) is 0 Å². The molecule has 0 spiro atoms. The number of hydrogen-bond acceptors (Lipinski definition) is 2. The molecule has 1 aliphatic carbocycles. The molecule has 0 aromatic rings. The molecule has 1 heterocycles. The third kappa shape index (κ3) is 3.28. The van der Waals surface area contributed by atoms with E-state index in [0.29, 0.717) is 12.1 Å². The van der Waals surface area contributed by atoms with Gasteiger partial charge in [-0.1, -0.05) is 25.0 Å². The molecule has 1 atom stereocenters. The van der Waals surface area contributed by atoms with E-state index in [1.807, 2.05) is 26.0 Å². The zero-order valence-corrected chi connectivity index (χ0v) is 11.3. The zero-order valence-electron chi connectivity index (χ0n) is 11.3. The van der Waals surface area contributed by atoms with E-state index >= 15 is 0 Å². The number of hydrogen-bond donors (Lipinski definition) is 1. The van der Waals surface area contributed by atoms with Crippen LogP contribution in [0.1, 0.15) is 33.1 Å². The van der Waals surface area contributed by atoms with Crippen LogP contribution in [0.5, 0.6) is 0 Å². The van der Waals surface area contributed by atoms with Crippen LogP contribution >= 0.6 is 0 Å². The quantitative estimate of drug-likeness (QED) is 0.844. The summed E-state index contributed by atoms with van der Waals surface area (Å²) in [5.41, 5.74) is 2.42. The molecular formula is C15H18N2O2. The number of carbonyl (C=O) groups is 2. The third-order valence-electron chi connectivity index (χ3n) is 3.21. The van der Waals surface area contributed by atoms with Crippen LogP contribution in [0.3, 0.4) is 0 Å². The molecule has 4 nitrogen and oxygen atoms in total. The van der Waals surface area contributed by atoms with Gasteiger partial charge in [-0.15, -0.1) is 0 Å². The Hall–Kier alpha value is -1.97. The summed E-state index contributed by atoms with van der Waals surface area (Å²) in [4.78, 5) is 27.1. The highest BCUT2D eigenvalue weighted by atomic mass is 16.2. The minimum atomic E-state index is -0.119. The van der Waals surface area contributed by atoms with Crippen LogP contribution in [-0.4, -0.2) is 17.5 Å². The second-order valence-corrected chi connectivity index (χ2v) is 4.85. The maximum absolute atomic E-state index is 11.6. The second-order valence-electron chi connectivity index (χ2n) is 4.85. The molecule has 0 aromatic heterocycles. The Bertz CT molecular complexity index is 524. The molecule has 0 bridgehead atoms. The number of carbonyl (C=O) groups excluding carboxylic acids is 2. The lowest BCUT2D eigenvalue weighted by atomic mass is 9.89. The van der Waals surface area contributed by atoms with E-state index in [1.54, 1.807) is 12.2 Å². The normalized spacial score (nSPS) is 23.6. The highest BCUT2D eigenvalue weighted by molar-refractivity contribution is 6.11. The molecule has 2 rings (SSSR count). The molecule has 4 heteroatoms. The lowest BCUT2D eigenvalue weighted by Crippen LogP contribution is -2.32. The first-order valence-corrected chi connectivity index (χ1v) is 6.60. The Morgan fingerprint density at radius 3 is 2.95 bits per heavy atom. The van der Waals surface area contributed by atoms with E-state index in [9.17, 15) is 9.59 Å². The van der Waals surface area contributed by atoms with E-state index < -0.39 is 0 Å². The minimum absolute atomic E-state index is 0.0994. The second kappa shape index (κ2) is 5.78. The van der Waals surface area contributed by atoms with Crippen molar-refractivity contribution in [1.29, 1.82) is 0 Å². The first-order chi connectivity index (χ1) is 9.10. The van der Waals surface area contributed by atoms with Gasteiger partial charge in [0, 0.05) is 24.1 Å². The summed E-state index contributed by atoms with van der Waals surface area (Å²) in [7, 11) is 0. The lowest BCUT2D eigenvalue weighted by Gasteiger charge is -2.25. The predicted molar refractivity (Wildman–Crippen MR) is 74.6 cm³/mol. The fraction of sp³-hybridized carbons (Fsp3) is 0.400. The average molecular weight is 258 g/mol. The summed E-state index contributed by atoms with van der Waals surface area (Å²) >= 11 is 0. The van der Waals surface area contributed by atoms with E-state index in [-0.39, 0.29) is 17.7 Å². The Labute approximate surface area is 113 Å². The van der Waals surface area contributed by atoms with Crippen molar-refractivity contribution in [3.05, 3.63) is 35.6 Å². The number of aliphatic imine (C=N–C) groups is 1. The van der Waals surface area contributed by atoms with Gasteiger partial charge in [0.25, 0.3) is 0 Å². The molecule has 0 fully saturated rings. The number of rotatable bonds is 3. The molecule has 100 valence electrons. The Balaban J connectivity index is 2.14. The molecule has 1 aliphatic heterocycles. The summed E-state index contributed by atoms with van der Waals surface area (Å²) in [6.07, 6.45) is 9.50. The molecule has 0 aromatic carbocycles. The summed E-state index contributed by atoms with van der Waals surface area (Å²) in [6.45, 7) is 3.97. The zero-order chi connectivity index (χ0) is 13.8. The molecule has 0 saturated heterocycles. The maximum Gasteiger partial charge on any atom is 0.248 e. The smallest absolute Gasteiger partial charge is 0.248 e. The summed E-state index contributed by atoms with van der Waals surface area (Å²) in [5.74, 6) is -0.124. The number of nitrogens with zero attached hydrogens (tertiary/aromatic N) is 1. The van der Waals surface area contributed by atoms with Crippen LogP contribution < -0.4 is 5.32 Å². The van der Waals surface area contributed by atoms with E-state index in [1.165, 1.54) is 0 Å². The topological polar surface area (TPSA) is 58.5 Å². The molecule has 1 unspecified atom stereocenters. The molecule has 2 aliphatic rings. The van der Waals surface area contributed by atoms with Gasteiger partial charge in [-0.3, -0.25) is 9.59 Å². The fourth-order valence-corrected chi connectivity index (χ4v) is 2.18. The number of fused-ring (bicyclic) bond motifs is 1. The molecule has 19 heavy (non-hydrogen) atoms. The van der Waals surface area contributed by atoms with Gasteiger partial charge in [0.05, 0.1) is 5.71 Å². The van der Waals surface area contributed by atoms with Gasteiger partial charge in [0.2, 0.25) is 11.8 Å². The summed E-state index contributed by atoms with van der Waals surface area (Å²) in [6, 6.07) is 0. The van der Waals surface area contributed by atoms with Crippen molar-refractivity contribution in [2.45, 2.75) is 33.1 Å². The molecule has 0 saturated carbocycles. The summed E-state index contributed by atoms with van der Waals surface area (Å²) < 4.78 is 0. The first-order valence-electron chi connectivity index (χ1n) is 6.60. The van der Waals surface area contributed by atoms with Gasteiger partial charge < -0.3 is 5.32 Å². The average Bonchev–Trinajstić information content (AvgIpc) is 2.35. The number of nitrogens with one attached hydrogen (secondary N) is 1. The Morgan fingerprint density at radius 2 is 2.21 bits per heavy atom. The Kier molecular flexibility index (Phi) is 4.10. The van der Waals surface area contributed by atoms with Gasteiger partial charge in [-0.05, 0) is 25.5 Å². The molecule has 1 N–H and O–H groups in total. The number of allylic oxidation sites excluding steroid dienone is 3. The third-order valence-corrected chi connectivity index (χ3v) is 3.21. The van der Waals surface area contributed by atoms with E-state index in [2.05, 4.69) is 10.3 Å².